The minimum atomic E-state index is -4.52. The van der Waals surface area contributed by atoms with Crippen molar-refractivity contribution in [1.82, 2.24) is 20.4 Å². The van der Waals surface area contributed by atoms with E-state index in [0.717, 1.165) is 17.5 Å². The van der Waals surface area contributed by atoms with Gasteiger partial charge in [-0.15, -0.1) is 0 Å². The van der Waals surface area contributed by atoms with Crippen LogP contribution in [0.3, 0.4) is 0 Å². The van der Waals surface area contributed by atoms with Crippen molar-refractivity contribution in [3.05, 3.63) is 46.8 Å². The van der Waals surface area contributed by atoms with Gasteiger partial charge in [-0.25, -0.2) is 9.48 Å². The molecule has 124 valence electrons. The second kappa shape index (κ2) is 6.31. The summed E-state index contributed by atoms with van der Waals surface area (Å²) in [5.41, 5.74) is 0.991. The average Bonchev–Trinajstić information content (AvgIpc) is 2.82. The Balaban J connectivity index is 2.42. The van der Waals surface area contributed by atoms with Crippen LogP contribution in [0.4, 0.5) is 18.0 Å². The SMILES string of the molecule is CNC(=O)NCc1ccc(-n2nc(C)cc2C)cc1C(F)(F)F. The Hall–Kier alpha value is -2.51. The van der Waals surface area contributed by atoms with E-state index in [2.05, 4.69) is 15.7 Å². The summed E-state index contributed by atoms with van der Waals surface area (Å²) >= 11 is 0. The highest BCUT2D eigenvalue weighted by molar-refractivity contribution is 5.73. The third-order valence-electron chi connectivity index (χ3n) is 3.32. The molecule has 0 bridgehead atoms. The van der Waals surface area contributed by atoms with Gasteiger partial charge in [-0.05, 0) is 37.6 Å². The maximum Gasteiger partial charge on any atom is 0.416 e. The number of halogens is 3. The monoisotopic (exact) mass is 326 g/mol. The minimum Gasteiger partial charge on any atom is -0.341 e. The molecule has 2 rings (SSSR count). The predicted molar refractivity (Wildman–Crippen MR) is 79.3 cm³/mol. The molecule has 23 heavy (non-hydrogen) atoms. The molecule has 1 aromatic heterocycles. The van der Waals surface area contributed by atoms with E-state index in [1.807, 2.05) is 0 Å². The number of amides is 2. The molecular weight excluding hydrogens is 309 g/mol. The number of carbonyl (C=O) groups excluding carboxylic acids is 1. The van der Waals surface area contributed by atoms with Crippen LogP contribution in [0.15, 0.2) is 24.3 Å². The zero-order chi connectivity index (χ0) is 17.2. The number of aromatic nitrogens is 2. The highest BCUT2D eigenvalue weighted by Gasteiger charge is 2.33. The van der Waals surface area contributed by atoms with Crippen LogP contribution in [0, 0.1) is 13.8 Å². The summed E-state index contributed by atoms with van der Waals surface area (Å²) in [4.78, 5) is 11.2. The van der Waals surface area contributed by atoms with Crippen molar-refractivity contribution in [3.63, 3.8) is 0 Å². The lowest BCUT2D eigenvalue weighted by atomic mass is 10.1. The van der Waals surface area contributed by atoms with E-state index in [9.17, 15) is 18.0 Å². The first kappa shape index (κ1) is 16.9. The van der Waals surface area contributed by atoms with Crippen molar-refractivity contribution in [2.75, 3.05) is 7.05 Å². The molecule has 0 radical (unpaired) electrons. The fourth-order valence-corrected chi connectivity index (χ4v) is 2.27. The number of hydrogen-bond donors (Lipinski definition) is 2. The van der Waals surface area contributed by atoms with Crippen molar-refractivity contribution in [2.45, 2.75) is 26.6 Å². The summed E-state index contributed by atoms with van der Waals surface area (Å²) in [7, 11) is 1.39. The van der Waals surface area contributed by atoms with E-state index >= 15 is 0 Å². The summed E-state index contributed by atoms with van der Waals surface area (Å²) in [6.07, 6.45) is -4.52. The van der Waals surface area contributed by atoms with Crippen molar-refractivity contribution in [2.24, 2.45) is 0 Å². The van der Waals surface area contributed by atoms with Gasteiger partial charge in [0.15, 0.2) is 0 Å². The van der Waals surface area contributed by atoms with Crippen LogP contribution >= 0.6 is 0 Å². The number of benzene rings is 1. The van der Waals surface area contributed by atoms with Crippen LogP contribution in [0.25, 0.3) is 5.69 Å². The fourth-order valence-electron chi connectivity index (χ4n) is 2.27. The maximum atomic E-state index is 13.3. The van der Waals surface area contributed by atoms with Gasteiger partial charge >= 0.3 is 12.2 Å². The Morgan fingerprint density at radius 3 is 2.48 bits per heavy atom. The molecule has 0 spiro atoms. The van der Waals surface area contributed by atoms with Crippen LogP contribution in [0.1, 0.15) is 22.5 Å². The summed E-state index contributed by atoms with van der Waals surface area (Å²) in [6, 6.07) is 5.19. The van der Waals surface area contributed by atoms with Crippen LogP contribution in [0.5, 0.6) is 0 Å². The fraction of sp³-hybridized carbons (Fsp3) is 0.333. The second-order valence-corrected chi connectivity index (χ2v) is 5.11. The van der Waals surface area contributed by atoms with Gasteiger partial charge in [0.2, 0.25) is 0 Å². The van der Waals surface area contributed by atoms with Crippen molar-refractivity contribution >= 4 is 6.03 Å². The molecule has 2 aromatic rings. The van der Waals surface area contributed by atoms with Crippen LogP contribution in [-0.4, -0.2) is 22.9 Å². The largest absolute Gasteiger partial charge is 0.416 e. The Morgan fingerprint density at radius 2 is 1.96 bits per heavy atom. The summed E-state index contributed by atoms with van der Waals surface area (Å²) < 4.78 is 41.4. The van der Waals surface area contributed by atoms with Gasteiger partial charge in [0.25, 0.3) is 0 Å². The molecule has 0 unspecified atom stereocenters. The molecule has 0 aliphatic rings. The number of hydrogen-bond acceptors (Lipinski definition) is 2. The predicted octanol–water partition coefficient (Wildman–Crippen LogP) is 2.94. The molecule has 1 heterocycles. The molecule has 0 aliphatic carbocycles. The van der Waals surface area contributed by atoms with Gasteiger partial charge in [0.1, 0.15) is 0 Å². The molecular formula is C15H17F3N4O. The Labute approximate surface area is 131 Å². The summed E-state index contributed by atoms with van der Waals surface area (Å²) in [5.74, 6) is 0. The molecule has 0 atom stereocenters. The lowest BCUT2D eigenvalue weighted by Crippen LogP contribution is -2.32. The molecule has 2 N–H and O–H groups in total. The van der Waals surface area contributed by atoms with E-state index in [4.69, 9.17) is 0 Å². The topological polar surface area (TPSA) is 59.0 Å². The smallest absolute Gasteiger partial charge is 0.341 e. The van der Waals surface area contributed by atoms with E-state index < -0.39 is 17.8 Å². The first-order valence-corrected chi connectivity index (χ1v) is 6.91. The summed E-state index contributed by atoms with van der Waals surface area (Å²) in [5, 5.41) is 8.85. The highest BCUT2D eigenvalue weighted by Crippen LogP contribution is 2.33. The van der Waals surface area contributed by atoms with Crippen molar-refractivity contribution < 1.29 is 18.0 Å². The normalized spacial score (nSPS) is 11.4. The van der Waals surface area contributed by atoms with Gasteiger partial charge in [0, 0.05) is 19.3 Å². The zero-order valence-electron chi connectivity index (χ0n) is 13.0. The number of alkyl halides is 3. The number of urea groups is 1. The molecule has 0 saturated carbocycles. The average molecular weight is 326 g/mol. The van der Waals surface area contributed by atoms with E-state index in [1.54, 1.807) is 26.0 Å². The lowest BCUT2D eigenvalue weighted by molar-refractivity contribution is -0.138. The van der Waals surface area contributed by atoms with Crippen molar-refractivity contribution in [3.8, 4) is 5.69 Å². The highest BCUT2D eigenvalue weighted by atomic mass is 19.4. The third kappa shape index (κ3) is 3.82. The molecule has 0 fully saturated rings. The Bertz CT molecular complexity index is 722. The Kier molecular flexibility index (Phi) is 4.63. The quantitative estimate of drug-likeness (QED) is 0.911. The van der Waals surface area contributed by atoms with E-state index in [-0.39, 0.29) is 12.1 Å². The van der Waals surface area contributed by atoms with Crippen molar-refractivity contribution in [1.29, 1.82) is 0 Å². The van der Waals surface area contributed by atoms with Gasteiger partial charge in [-0.2, -0.15) is 18.3 Å². The van der Waals surface area contributed by atoms with E-state index in [1.165, 1.54) is 17.8 Å². The summed E-state index contributed by atoms with van der Waals surface area (Å²) in [6.45, 7) is 3.33. The van der Waals surface area contributed by atoms with Gasteiger partial charge in [-0.3, -0.25) is 0 Å². The molecule has 8 heteroatoms. The van der Waals surface area contributed by atoms with Crippen LogP contribution in [-0.2, 0) is 12.7 Å². The van der Waals surface area contributed by atoms with Crippen LogP contribution in [0.2, 0.25) is 0 Å². The zero-order valence-corrected chi connectivity index (χ0v) is 13.0. The molecule has 0 saturated heterocycles. The molecule has 0 aliphatic heterocycles. The number of nitrogens with one attached hydrogen (secondary N) is 2. The van der Waals surface area contributed by atoms with Gasteiger partial charge in [0.05, 0.1) is 16.9 Å². The maximum absolute atomic E-state index is 13.3. The third-order valence-corrected chi connectivity index (χ3v) is 3.32. The molecule has 1 aromatic carbocycles. The lowest BCUT2D eigenvalue weighted by Gasteiger charge is -2.15. The minimum absolute atomic E-state index is 0.00798. The van der Waals surface area contributed by atoms with Crippen LogP contribution < -0.4 is 10.6 Å². The van der Waals surface area contributed by atoms with Gasteiger partial charge < -0.3 is 10.6 Å². The number of rotatable bonds is 3. The first-order valence-electron chi connectivity index (χ1n) is 6.91. The Morgan fingerprint density at radius 1 is 1.26 bits per heavy atom. The molecule has 2 amide bonds. The standard InChI is InChI=1S/C15H17F3N4O/c1-9-6-10(2)22(21-9)12-5-4-11(8-20-14(23)19-3)13(7-12)15(16,17)18/h4-7H,8H2,1-3H3,(H2,19,20,23). The number of nitrogens with zero attached hydrogens (tertiary/aromatic N) is 2. The second-order valence-electron chi connectivity index (χ2n) is 5.11. The number of carbonyl (C=O) groups is 1. The van der Waals surface area contributed by atoms with Gasteiger partial charge in [-0.1, -0.05) is 6.07 Å². The number of aryl methyl sites for hydroxylation is 2. The molecule has 5 nitrogen and oxygen atoms in total. The van der Waals surface area contributed by atoms with E-state index in [0.29, 0.717) is 5.69 Å². The first-order chi connectivity index (χ1) is 10.7.